The molecular weight excluding hydrogens is 268 g/mol. The van der Waals surface area contributed by atoms with Crippen LogP contribution in [0.15, 0.2) is 10.3 Å². The van der Waals surface area contributed by atoms with Crippen LogP contribution in [0.4, 0.5) is 0 Å². The summed E-state index contributed by atoms with van der Waals surface area (Å²) in [6.07, 6.45) is 0.965. The predicted octanol–water partition coefficient (Wildman–Crippen LogP) is 2.18. The minimum atomic E-state index is -3.41. The van der Waals surface area contributed by atoms with E-state index in [1.807, 2.05) is 12.3 Å². The number of thiophene rings is 1. The Morgan fingerprint density at radius 3 is 2.61 bits per heavy atom. The van der Waals surface area contributed by atoms with Gasteiger partial charge in [0.2, 0.25) is 10.0 Å². The highest BCUT2D eigenvalue weighted by Gasteiger charge is 2.27. The number of hydrogen-bond donors (Lipinski definition) is 1. The lowest BCUT2D eigenvalue weighted by molar-refractivity contribution is 0.393. The van der Waals surface area contributed by atoms with Crippen LogP contribution in [-0.2, 0) is 16.6 Å². The van der Waals surface area contributed by atoms with Gasteiger partial charge in [-0.3, -0.25) is 0 Å². The van der Waals surface area contributed by atoms with Crippen LogP contribution in [-0.4, -0.2) is 26.3 Å². The number of rotatable bonds is 6. The zero-order chi connectivity index (χ0) is 13.9. The fourth-order valence-corrected chi connectivity index (χ4v) is 4.73. The van der Waals surface area contributed by atoms with E-state index in [-0.39, 0.29) is 6.54 Å². The smallest absolute Gasteiger partial charge is 0.244 e. The van der Waals surface area contributed by atoms with Gasteiger partial charge in [0.15, 0.2) is 0 Å². The molecule has 0 amide bonds. The molecule has 0 fully saturated rings. The van der Waals surface area contributed by atoms with E-state index in [0.717, 1.165) is 16.9 Å². The third kappa shape index (κ3) is 3.12. The monoisotopic (exact) mass is 290 g/mol. The van der Waals surface area contributed by atoms with Crippen LogP contribution in [0.25, 0.3) is 0 Å². The molecule has 1 aromatic heterocycles. The molecule has 0 saturated carbocycles. The van der Waals surface area contributed by atoms with Crippen molar-refractivity contribution in [3.63, 3.8) is 0 Å². The Kier molecular flexibility index (Phi) is 5.33. The van der Waals surface area contributed by atoms with E-state index < -0.39 is 10.0 Å². The zero-order valence-electron chi connectivity index (χ0n) is 11.4. The number of nitrogens with zero attached hydrogens (tertiary/aromatic N) is 1. The summed E-state index contributed by atoms with van der Waals surface area (Å²) in [5.74, 6) is 0.352. The first-order chi connectivity index (χ1) is 8.34. The van der Waals surface area contributed by atoms with Gasteiger partial charge in [0.05, 0.1) is 0 Å². The molecule has 0 aliphatic heterocycles. The molecule has 0 radical (unpaired) electrons. The van der Waals surface area contributed by atoms with E-state index in [4.69, 9.17) is 5.73 Å². The third-order valence-corrected chi connectivity index (χ3v) is 6.42. The number of hydrogen-bond acceptors (Lipinski definition) is 4. The predicted molar refractivity (Wildman–Crippen MR) is 76.2 cm³/mol. The Morgan fingerprint density at radius 1 is 1.50 bits per heavy atom. The van der Waals surface area contributed by atoms with E-state index >= 15 is 0 Å². The number of aryl methyl sites for hydroxylation is 1. The molecule has 0 spiro atoms. The molecule has 1 aromatic rings. The van der Waals surface area contributed by atoms with Crippen molar-refractivity contribution in [1.82, 2.24) is 4.31 Å². The highest BCUT2D eigenvalue weighted by atomic mass is 32.2. The second-order valence-electron chi connectivity index (χ2n) is 4.67. The van der Waals surface area contributed by atoms with Crippen molar-refractivity contribution < 1.29 is 8.42 Å². The number of nitrogens with two attached hydrogens (primary N) is 1. The van der Waals surface area contributed by atoms with Gasteiger partial charge in [-0.25, -0.2) is 12.7 Å². The van der Waals surface area contributed by atoms with Crippen LogP contribution in [0.1, 0.15) is 30.7 Å². The average molecular weight is 290 g/mol. The summed E-state index contributed by atoms with van der Waals surface area (Å²) in [5, 5.41) is 1.85. The molecule has 104 valence electrons. The van der Waals surface area contributed by atoms with Gasteiger partial charge in [0.25, 0.3) is 0 Å². The molecule has 0 aliphatic carbocycles. The lowest BCUT2D eigenvalue weighted by Gasteiger charge is -2.21. The van der Waals surface area contributed by atoms with E-state index in [1.54, 1.807) is 7.05 Å². The fourth-order valence-electron chi connectivity index (χ4n) is 1.80. The summed E-state index contributed by atoms with van der Waals surface area (Å²) in [4.78, 5) is 1.14. The first-order valence-electron chi connectivity index (χ1n) is 6.07. The van der Waals surface area contributed by atoms with Gasteiger partial charge < -0.3 is 5.73 Å². The molecule has 4 nitrogen and oxygen atoms in total. The molecule has 0 bridgehead atoms. The highest BCUT2D eigenvalue weighted by Crippen LogP contribution is 2.29. The average Bonchev–Trinajstić information content (AvgIpc) is 2.70. The zero-order valence-corrected chi connectivity index (χ0v) is 13.1. The summed E-state index contributed by atoms with van der Waals surface area (Å²) in [6.45, 7) is 6.74. The summed E-state index contributed by atoms with van der Waals surface area (Å²) >= 11 is 1.41. The maximum Gasteiger partial charge on any atom is 0.244 e. The van der Waals surface area contributed by atoms with Crippen molar-refractivity contribution in [2.75, 3.05) is 13.6 Å². The van der Waals surface area contributed by atoms with Gasteiger partial charge in [-0.05, 0) is 23.8 Å². The Morgan fingerprint density at radius 2 is 2.11 bits per heavy atom. The second kappa shape index (κ2) is 6.14. The molecule has 1 rings (SSSR count). The molecule has 0 saturated heterocycles. The van der Waals surface area contributed by atoms with E-state index in [1.165, 1.54) is 15.6 Å². The first kappa shape index (κ1) is 15.6. The van der Waals surface area contributed by atoms with E-state index in [2.05, 4.69) is 13.8 Å². The third-order valence-electron chi connectivity index (χ3n) is 3.11. The molecule has 6 heteroatoms. The standard InChI is InChI=1S/C12H22N2O2S2/c1-5-9(2)7-14(4)18(15,16)12-10(3)8-17-11(12)6-13/h8-9H,5-7,13H2,1-4H3. The number of sulfonamides is 1. The van der Waals surface area contributed by atoms with Crippen molar-refractivity contribution >= 4 is 21.4 Å². The molecule has 0 aliphatic rings. The minimum Gasteiger partial charge on any atom is -0.326 e. The maximum absolute atomic E-state index is 12.5. The molecule has 1 unspecified atom stereocenters. The van der Waals surface area contributed by atoms with E-state index in [0.29, 0.717) is 17.4 Å². The molecular formula is C12H22N2O2S2. The van der Waals surface area contributed by atoms with Crippen molar-refractivity contribution in [2.24, 2.45) is 11.7 Å². The van der Waals surface area contributed by atoms with E-state index in [9.17, 15) is 8.42 Å². The quantitative estimate of drug-likeness (QED) is 0.873. The van der Waals surface area contributed by atoms with Gasteiger partial charge in [-0.1, -0.05) is 20.3 Å². The first-order valence-corrected chi connectivity index (χ1v) is 8.39. The molecule has 2 N–H and O–H groups in total. The minimum absolute atomic E-state index is 0.268. The van der Waals surface area contributed by atoms with Gasteiger partial charge in [0.1, 0.15) is 4.90 Å². The van der Waals surface area contributed by atoms with Crippen molar-refractivity contribution in [3.8, 4) is 0 Å². The van der Waals surface area contributed by atoms with Gasteiger partial charge >= 0.3 is 0 Å². The van der Waals surface area contributed by atoms with Crippen LogP contribution in [0.2, 0.25) is 0 Å². The molecule has 18 heavy (non-hydrogen) atoms. The molecule has 0 aromatic carbocycles. The maximum atomic E-state index is 12.5. The fraction of sp³-hybridized carbons (Fsp3) is 0.667. The largest absolute Gasteiger partial charge is 0.326 e. The van der Waals surface area contributed by atoms with Crippen LogP contribution in [0, 0.1) is 12.8 Å². The summed E-state index contributed by atoms with van der Waals surface area (Å²) < 4.78 is 26.5. The highest BCUT2D eigenvalue weighted by molar-refractivity contribution is 7.89. The van der Waals surface area contributed by atoms with Gasteiger partial charge in [0, 0.05) is 25.0 Å². The van der Waals surface area contributed by atoms with Crippen molar-refractivity contribution in [1.29, 1.82) is 0 Å². The Labute approximate surface area is 114 Å². The topological polar surface area (TPSA) is 63.4 Å². The second-order valence-corrected chi connectivity index (χ2v) is 7.62. The lowest BCUT2D eigenvalue weighted by Crippen LogP contribution is -2.31. The molecule has 1 heterocycles. The Balaban J connectivity index is 3.09. The van der Waals surface area contributed by atoms with Crippen LogP contribution < -0.4 is 5.73 Å². The van der Waals surface area contributed by atoms with Crippen molar-refractivity contribution in [2.45, 2.75) is 38.6 Å². The van der Waals surface area contributed by atoms with Crippen molar-refractivity contribution in [3.05, 3.63) is 15.8 Å². The van der Waals surface area contributed by atoms with Crippen LogP contribution in [0.3, 0.4) is 0 Å². The van der Waals surface area contributed by atoms with Gasteiger partial charge in [-0.2, -0.15) is 0 Å². The van der Waals surface area contributed by atoms with Crippen LogP contribution in [0.5, 0.6) is 0 Å². The summed E-state index contributed by atoms with van der Waals surface area (Å²) in [6, 6.07) is 0. The Hall–Kier alpha value is -0.430. The SMILES string of the molecule is CCC(C)CN(C)S(=O)(=O)c1c(C)csc1CN. The summed E-state index contributed by atoms with van der Waals surface area (Å²) in [5.41, 5.74) is 6.40. The normalized spacial score (nSPS) is 14.1. The van der Waals surface area contributed by atoms with Crippen LogP contribution >= 0.6 is 11.3 Å². The Bertz CT molecular complexity index is 494. The lowest BCUT2D eigenvalue weighted by atomic mass is 10.1. The van der Waals surface area contributed by atoms with Gasteiger partial charge in [-0.15, -0.1) is 11.3 Å². The summed E-state index contributed by atoms with van der Waals surface area (Å²) in [7, 11) is -1.77. The molecule has 1 atom stereocenters.